The zero-order valence-electron chi connectivity index (χ0n) is 10.4. The molecular formula is C11H15ClN4O2S. The zero-order chi connectivity index (χ0) is 13.0. The maximum atomic E-state index is 12.0. The molecule has 2 aromatic heterocycles. The number of rotatable bonds is 5. The minimum Gasteiger partial charge on any atom is -0.352 e. The molecule has 0 spiro atoms. The van der Waals surface area contributed by atoms with Gasteiger partial charge in [-0.25, -0.2) is 4.98 Å². The monoisotopic (exact) mass is 302 g/mol. The molecular weight excluding hydrogens is 288 g/mol. The molecule has 0 aliphatic heterocycles. The molecule has 6 nitrogen and oxygen atoms in total. The van der Waals surface area contributed by atoms with Gasteiger partial charge in [0.15, 0.2) is 4.96 Å². The number of amides is 1. The fourth-order valence-corrected chi connectivity index (χ4v) is 2.22. The highest BCUT2D eigenvalue weighted by Crippen LogP contribution is 2.05. The Bertz CT molecular complexity index is 610. The second kappa shape index (κ2) is 7.22. The van der Waals surface area contributed by atoms with Crippen molar-refractivity contribution in [2.45, 2.75) is 6.42 Å². The van der Waals surface area contributed by atoms with Crippen LogP contribution in [0.15, 0.2) is 22.6 Å². The third-order valence-electron chi connectivity index (χ3n) is 2.48. The topological polar surface area (TPSA) is 75.5 Å². The quantitative estimate of drug-likeness (QED) is 0.790. The molecule has 0 saturated carbocycles. The molecule has 8 heteroatoms. The Labute approximate surface area is 120 Å². The van der Waals surface area contributed by atoms with Crippen molar-refractivity contribution in [3.05, 3.63) is 33.7 Å². The van der Waals surface area contributed by atoms with Crippen molar-refractivity contribution in [1.82, 2.24) is 20.0 Å². The molecule has 104 valence electrons. The van der Waals surface area contributed by atoms with Crippen molar-refractivity contribution in [3.63, 3.8) is 0 Å². The molecule has 2 aromatic rings. The van der Waals surface area contributed by atoms with Gasteiger partial charge >= 0.3 is 0 Å². The molecule has 0 bridgehead atoms. The summed E-state index contributed by atoms with van der Waals surface area (Å²) in [7, 11) is 1.85. The van der Waals surface area contributed by atoms with Crippen molar-refractivity contribution in [2.24, 2.45) is 0 Å². The number of carbonyl (C=O) groups is 1. The Morgan fingerprint density at radius 2 is 2.26 bits per heavy atom. The molecule has 2 N–H and O–H groups in total. The first-order chi connectivity index (χ1) is 8.74. The summed E-state index contributed by atoms with van der Waals surface area (Å²) in [5.74, 6) is -0.371. The Morgan fingerprint density at radius 1 is 1.47 bits per heavy atom. The van der Waals surface area contributed by atoms with E-state index < -0.39 is 0 Å². The van der Waals surface area contributed by atoms with Crippen LogP contribution in [0.2, 0.25) is 0 Å². The molecule has 0 saturated heterocycles. The van der Waals surface area contributed by atoms with Gasteiger partial charge in [-0.1, -0.05) is 0 Å². The Balaban J connectivity index is 0.00000180. The number of hydrogen-bond donors (Lipinski definition) is 2. The van der Waals surface area contributed by atoms with Crippen molar-refractivity contribution in [2.75, 3.05) is 20.1 Å². The van der Waals surface area contributed by atoms with E-state index in [1.807, 2.05) is 7.05 Å². The number of carbonyl (C=O) groups excluding carboxylic acids is 1. The van der Waals surface area contributed by atoms with Crippen LogP contribution in [-0.4, -0.2) is 35.4 Å². The van der Waals surface area contributed by atoms with Crippen LogP contribution in [0.4, 0.5) is 0 Å². The third kappa shape index (κ3) is 3.52. The fourth-order valence-electron chi connectivity index (χ4n) is 1.54. The molecule has 0 atom stereocenters. The first kappa shape index (κ1) is 15.6. The summed E-state index contributed by atoms with van der Waals surface area (Å²) in [6.45, 7) is 1.35. The van der Waals surface area contributed by atoms with E-state index in [-0.39, 0.29) is 29.4 Å². The van der Waals surface area contributed by atoms with Gasteiger partial charge in [0, 0.05) is 24.3 Å². The van der Waals surface area contributed by atoms with Gasteiger partial charge in [-0.2, -0.15) is 0 Å². The summed E-state index contributed by atoms with van der Waals surface area (Å²) in [6.07, 6.45) is 3.77. The second-order valence-corrected chi connectivity index (χ2v) is 4.62. The van der Waals surface area contributed by atoms with E-state index in [1.165, 1.54) is 21.9 Å². The minimum atomic E-state index is -0.371. The van der Waals surface area contributed by atoms with Gasteiger partial charge < -0.3 is 10.6 Å². The zero-order valence-corrected chi connectivity index (χ0v) is 12.0. The number of thiazole rings is 1. The van der Waals surface area contributed by atoms with Crippen LogP contribution in [0, 0.1) is 0 Å². The lowest BCUT2D eigenvalue weighted by atomic mass is 10.3. The van der Waals surface area contributed by atoms with Crippen LogP contribution in [0.3, 0.4) is 0 Å². The van der Waals surface area contributed by atoms with Gasteiger partial charge in [0.05, 0.1) is 0 Å². The van der Waals surface area contributed by atoms with Crippen molar-refractivity contribution < 1.29 is 4.79 Å². The second-order valence-electron chi connectivity index (χ2n) is 3.75. The van der Waals surface area contributed by atoms with Gasteiger partial charge in [0.1, 0.15) is 5.56 Å². The highest BCUT2D eigenvalue weighted by molar-refractivity contribution is 7.15. The summed E-state index contributed by atoms with van der Waals surface area (Å²) in [5.41, 5.74) is -0.247. The summed E-state index contributed by atoms with van der Waals surface area (Å²) in [5, 5.41) is 7.45. The normalized spacial score (nSPS) is 10.2. The lowest BCUT2D eigenvalue weighted by molar-refractivity contribution is 0.0951. The van der Waals surface area contributed by atoms with Crippen LogP contribution < -0.4 is 16.2 Å². The maximum absolute atomic E-state index is 12.0. The van der Waals surface area contributed by atoms with Gasteiger partial charge in [0.2, 0.25) is 0 Å². The van der Waals surface area contributed by atoms with Gasteiger partial charge in [-0.05, 0) is 20.0 Å². The number of nitrogens with zero attached hydrogens (tertiary/aromatic N) is 2. The van der Waals surface area contributed by atoms with E-state index in [4.69, 9.17) is 0 Å². The standard InChI is InChI=1S/C11H14N4O2S.ClH/c1-12-3-2-4-13-9(16)8-7-14-11-15(10(8)17)5-6-18-11;/h5-7,12H,2-4H2,1H3,(H,13,16);1H. The molecule has 2 rings (SSSR count). The highest BCUT2D eigenvalue weighted by Gasteiger charge is 2.12. The number of halogens is 1. The van der Waals surface area contributed by atoms with E-state index in [0.29, 0.717) is 11.5 Å². The smallest absolute Gasteiger partial charge is 0.271 e. The van der Waals surface area contributed by atoms with Gasteiger partial charge in [-0.3, -0.25) is 14.0 Å². The summed E-state index contributed by atoms with van der Waals surface area (Å²) in [6, 6.07) is 0. The molecule has 1 amide bonds. The largest absolute Gasteiger partial charge is 0.352 e. The first-order valence-corrected chi connectivity index (χ1v) is 6.49. The molecule has 2 heterocycles. The van der Waals surface area contributed by atoms with E-state index in [2.05, 4.69) is 15.6 Å². The van der Waals surface area contributed by atoms with E-state index in [0.717, 1.165) is 13.0 Å². The SMILES string of the molecule is CNCCCNC(=O)c1cnc2sccn2c1=O.Cl. The van der Waals surface area contributed by atoms with Crippen molar-refractivity contribution >= 4 is 34.6 Å². The summed E-state index contributed by atoms with van der Waals surface area (Å²) < 4.78 is 1.38. The van der Waals surface area contributed by atoms with Crippen molar-refractivity contribution in [1.29, 1.82) is 0 Å². The number of nitrogens with one attached hydrogen (secondary N) is 2. The van der Waals surface area contributed by atoms with Gasteiger partial charge in [0.25, 0.3) is 11.5 Å². The van der Waals surface area contributed by atoms with E-state index in [1.54, 1.807) is 11.6 Å². The minimum absolute atomic E-state index is 0. The van der Waals surface area contributed by atoms with Gasteiger partial charge in [-0.15, -0.1) is 23.7 Å². The predicted octanol–water partition coefficient (Wildman–Crippen LogP) is 0.517. The molecule has 0 aliphatic carbocycles. The number of aromatic nitrogens is 2. The summed E-state index contributed by atoms with van der Waals surface area (Å²) in [4.78, 5) is 28.5. The lowest BCUT2D eigenvalue weighted by Crippen LogP contribution is -2.32. The van der Waals surface area contributed by atoms with Crippen LogP contribution >= 0.6 is 23.7 Å². The average molecular weight is 303 g/mol. The number of hydrogen-bond acceptors (Lipinski definition) is 5. The lowest BCUT2D eigenvalue weighted by Gasteiger charge is -2.04. The Hall–Kier alpha value is -1.44. The molecule has 0 aromatic carbocycles. The number of fused-ring (bicyclic) bond motifs is 1. The fraction of sp³-hybridized carbons (Fsp3) is 0.364. The predicted molar refractivity (Wildman–Crippen MR) is 77.5 cm³/mol. The van der Waals surface area contributed by atoms with Crippen LogP contribution in [0.5, 0.6) is 0 Å². The molecule has 0 unspecified atom stereocenters. The average Bonchev–Trinajstić information content (AvgIpc) is 2.84. The highest BCUT2D eigenvalue weighted by atomic mass is 35.5. The van der Waals surface area contributed by atoms with Crippen LogP contribution in [0.25, 0.3) is 4.96 Å². The molecule has 19 heavy (non-hydrogen) atoms. The van der Waals surface area contributed by atoms with Crippen LogP contribution in [0.1, 0.15) is 16.8 Å². The molecule has 0 radical (unpaired) electrons. The first-order valence-electron chi connectivity index (χ1n) is 5.61. The Kier molecular flexibility index (Phi) is 5.94. The van der Waals surface area contributed by atoms with Crippen LogP contribution in [-0.2, 0) is 0 Å². The summed E-state index contributed by atoms with van der Waals surface area (Å²) >= 11 is 1.36. The maximum Gasteiger partial charge on any atom is 0.271 e. The molecule has 0 fully saturated rings. The van der Waals surface area contributed by atoms with E-state index >= 15 is 0 Å². The Morgan fingerprint density at radius 3 is 3.00 bits per heavy atom. The molecule has 0 aliphatic rings. The van der Waals surface area contributed by atoms with Crippen molar-refractivity contribution in [3.8, 4) is 0 Å². The van der Waals surface area contributed by atoms with E-state index in [9.17, 15) is 9.59 Å². The third-order valence-corrected chi connectivity index (χ3v) is 3.25.